The first kappa shape index (κ1) is 11.0. The maximum Gasteiger partial charge on any atom is 0.104 e. The molecule has 0 saturated carbocycles. The van der Waals surface area contributed by atoms with Crippen molar-refractivity contribution in [2.75, 3.05) is 26.4 Å². The van der Waals surface area contributed by atoms with Crippen LogP contribution in [-0.2, 0) is 9.47 Å². The van der Waals surface area contributed by atoms with E-state index in [1.165, 1.54) is 6.42 Å². The van der Waals surface area contributed by atoms with Gasteiger partial charge >= 0.3 is 0 Å². The van der Waals surface area contributed by atoms with Crippen LogP contribution in [0.1, 0.15) is 26.7 Å². The Balaban J connectivity index is 1.85. The van der Waals surface area contributed by atoms with E-state index >= 15 is 0 Å². The smallest absolute Gasteiger partial charge is 0.104 e. The monoisotopic (exact) mass is 187 g/mol. The average molecular weight is 187 g/mol. The van der Waals surface area contributed by atoms with Gasteiger partial charge in [-0.05, 0) is 26.3 Å². The molecule has 1 aliphatic heterocycles. The summed E-state index contributed by atoms with van der Waals surface area (Å²) in [7, 11) is 0. The van der Waals surface area contributed by atoms with E-state index < -0.39 is 0 Å². The molecular formula is C10H21NO2. The van der Waals surface area contributed by atoms with Gasteiger partial charge in [-0.1, -0.05) is 6.92 Å². The highest BCUT2D eigenvalue weighted by Gasteiger charge is 2.18. The Bertz CT molecular complexity index is 126. The molecule has 0 aromatic heterocycles. The summed E-state index contributed by atoms with van der Waals surface area (Å²) in [4.78, 5) is 0. The van der Waals surface area contributed by atoms with Gasteiger partial charge in [0.1, 0.15) is 6.10 Å². The Morgan fingerprint density at radius 2 is 2.31 bits per heavy atom. The van der Waals surface area contributed by atoms with E-state index in [4.69, 9.17) is 9.47 Å². The molecule has 0 aromatic carbocycles. The van der Waals surface area contributed by atoms with Crippen LogP contribution in [0.2, 0.25) is 0 Å². The van der Waals surface area contributed by atoms with Crippen molar-refractivity contribution >= 4 is 0 Å². The molecular weight excluding hydrogens is 166 g/mol. The molecule has 1 saturated heterocycles. The Hall–Kier alpha value is -0.120. The van der Waals surface area contributed by atoms with Crippen molar-refractivity contribution in [3.8, 4) is 0 Å². The van der Waals surface area contributed by atoms with Crippen molar-refractivity contribution in [3.63, 3.8) is 0 Å². The fourth-order valence-corrected chi connectivity index (χ4v) is 1.21. The average Bonchev–Trinajstić information content (AvgIpc) is 2.06. The third kappa shape index (κ3) is 4.60. The quantitative estimate of drug-likeness (QED) is 0.649. The minimum atomic E-state index is 0.373. The van der Waals surface area contributed by atoms with Crippen LogP contribution in [0, 0.1) is 0 Å². The van der Waals surface area contributed by atoms with E-state index in [0.29, 0.717) is 12.1 Å². The van der Waals surface area contributed by atoms with Gasteiger partial charge in [0.05, 0.1) is 13.2 Å². The lowest BCUT2D eigenvalue weighted by Crippen LogP contribution is -2.37. The molecule has 3 heteroatoms. The number of hydrogen-bond acceptors (Lipinski definition) is 3. The highest BCUT2D eigenvalue weighted by atomic mass is 16.6. The molecule has 1 aliphatic rings. The van der Waals surface area contributed by atoms with Crippen LogP contribution in [0.25, 0.3) is 0 Å². The van der Waals surface area contributed by atoms with E-state index in [1.54, 1.807) is 0 Å². The first-order valence-corrected chi connectivity index (χ1v) is 5.25. The lowest BCUT2D eigenvalue weighted by atomic mass is 10.2. The minimum Gasteiger partial charge on any atom is -0.376 e. The van der Waals surface area contributed by atoms with Gasteiger partial charge in [0.15, 0.2) is 0 Å². The molecule has 0 aromatic rings. The predicted molar refractivity (Wildman–Crippen MR) is 52.9 cm³/mol. The lowest BCUT2D eigenvalue weighted by molar-refractivity contribution is -0.130. The zero-order valence-electron chi connectivity index (χ0n) is 8.71. The fraction of sp³-hybridized carbons (Fsp3) is 1.00. The normalized spacial score (nSPS) is 19.8. The standard InChI is InChI=1S/C10H21NO2/c1-3-5-11-9(2)4-6-13-10-7-12-8-10/h9-11H,3-8H2,1-2H3. The Morgan fingerprint density at radius 1 is 1.54 bits per heavy atom. The fourth-order valence-electron chi connectivity index (χ4n) is 1.21. The van der Waals surface area contributed by atoms with Gasteiger partial charge in [-0.2, -0.15) is 0 Å². The molecule has 13 heavy (non-hydrogen) atoms. The predicted octanol–water partition coefficient (Wildman–Crippen LogP) is 1.18. The summed E-state index contributed by atoms with van der Waals surface area (Å²) >= 11 is 0. The van der Waals surface area contributed by atoms with E-state index in [2.05, 4.69) is 19.2 Å². The summed E-state index contributed by atoms with van der Waals surface area (Å²) in [5, 5.41) is 3.43. The Kier molecular flexibility index (Phi) is 5.35. The van der Waals surface area contributed by atoms with Crippen molar-refractivity contribution in [3.05, 3.63) is 0 Å². The summed E-state index contributed by atoms with van der Waals surface area (Å²) in [6.45, 7) is 7.92. The van der Waals surface area contributed by atoms with E-state index in [0.717, 1.165) is 32.8 Å². The van der Waals surface area contributed by atoms with Crippen LogP contribution in [-0.4, -0.2) is 38.5 Å². The molecule has 1 rings (SSSR count). The maximum absolute atomic E-state index is 5.56. The molecule has 78 valence electrons. The van der Waals surface area contributed by atoms with E-state index in [1.807, 2.05) is 0 Å². The lowest BCUT2D eigenvalue weighted by Gasteiger charge is -2.26. The summed E-state index contributed by atoms with van der Waals surface area (Å²) in [6, 6.07) is 0.570. The van der Waals surface area contributed by atoms with Gasteiger partial charge in [-0.15, -0.1) is 0 Å². The second-order valence-electron chi connectivity index (χ2n) is 3.67. The van der Waals surface area contributed by atoms with E-state index in [-0.39, 0.29) is 0 Å². The van der Waals surface area contributed by atoms with Crippen molar-refractivity contribution in [1.82, 2.24) is 5.32 Å². The molecule has 0 amide bonds. The highest BCUT2D eigenvalue weighted by Crippen LogP contribution is 2.06. The number of ether oxygens (including phenoxy) is 2. The second kappa shape index (κ2) is 6.35. The minimum absolute atomic E-state index is 0.373. The van der Waals surface area contributed by atoms with Crippen LogP contribution >= 0.6 is 0 Å². The molecule has 1 unspecified atom stereocenters. The first-order chi connectivity index (χ1) is 6.33. The second-order valence-corrected chi connectivity index (χ2v) is 3.67. The Labute approximate surface area is 80.8 Å². The molecule has 1 atom stereocenters. The first-order valence-electron chi connectivity index (χ1n) is 5.25. The summed E-state index contributed by atoms with van der Waals surface area (Å²) in [5.74, 6) is 0. The summed E-state index contributed by atoms with van der Waals surface area (Å²) < 4.78 is 10.6. The largest absolute Gasteiger partial charge is 0.376 e. The highest BCUT2D eigenvalue weighted by molar-refractivity contribution is 4.65. The van der Waals surface area contributed by atoms with E-state index in [9.17, 15) is 0 Å². The van der Waals surface area contributed by atoms with Gasteiger partial charge in [-0.3, -0.25) is 0 Å². The molecule has 0 bridgehead atoms. The number of nitrogens with one attached hydrogen (secondary N) is 1. The molecule has 3 nitrogen and oxygen atoms in total. The zero-order valence-corrected chi connectivity index (χ0v) is 8.71. The number of hydrogen-bond donors (Lipinski definition) is 1. The van der Waals surface area contributed by atoms with Gasteiger partial charge in [0.25, 0.3) is 0 Å². The molecule has 0 spiro atoms. The SMILES string of the molecule is CCCNC(C)CCOC1COC1. The van der Waals surface area contributed by atoms with Crippen molar-refractivity contribution in [2.45, 2.75) is 38.8 Å². The van der Waals surface area contributed by atoms with Gasteiger partial charge in [0, 0.05) is 12.6 Å². The summed E-state index contributed by atoms with van der Waals surface area (Å²) in [6.07, 6.45) is 2.66. The number of rotatable bonds is 7. The summed E-state index contributed by atoms with van der Waals surface area (Å²) in [5.41, 5.74) is 0. The van der Waals surface area contributed by atoms with Crippen LogP contribution < -0.4 is 5.32 Å². The van der Waals surface area contributed by atoms with Gasteiger partial charge in [0.2, 0.25) is 0 Å². The van der Waals surface area contributed by atoms with Crippen molar-refractivity contribution < 1.29 is 9.47 Å². The third-order valence-electron chi connectivity index (χ3n) is 2.25. The van der Waals surface area contributed by atoms with Gasteiger partial charge in [-0.25, -0.2) is 0 Å². The molecule has 1 heterocycles. The topological polar surface area (TPSA) is 30.5 Å². The molecule has 1 N–H and O–H groups in total. The third-order valence-corrected chi connectivity index (χ3v) is 2.25. The molecule has 0 aliphatic carbocycles. The van der Waals surface area contributed by atoms with Crippen molar-refractivity contribution in [2.24, 2.45) is 0 Å². The van der Waals surface area contributed by atoms with Crippen LogP contribution in [0.4, 0.5) is 0 Å². The van der Waals surface area contributed by atoms with Crippen LogP contribution in [0.15, 0.2) is 0 Å². The maximum atomic E-state index is 5.56. The van der Waals surface area contributed by atoms with Crippen LogP contribution in [0.5, 0.6) is 0 Å². The molecule has 1 fully saturated rings. The zero-order chi connectivity index (χ0) is 9.52. The van der Waals surface area contributed by atoms with Crippen LogP contribution in [0.3, 0.4) is 0 Å². The van der Waals surface area contributed by atoms with Gasteiger partial charge < -0.3 is 14.8 Å². The molecule has 0 radical (unpaired) electrons. The van der Waals surface area contributed by atoms with Crippen molar-refractivity contribution in [1.29, 1.82) is 0 Å². The Morgan fingerprint density at radius 3 is 2.85 bits per heavy atom.